The first-order valence-electron chi connectivity index (χ1n) is 11.9. The fourth-order valence-electron chi connectivity index (χ4n) is 3.98. The topological polar surface area (TPSA) is 60.9 Å². The molecule has 0 unspecified atom stereocenters. The van der Waals surface area contributed by atoms with Crippen molar-refractivity contribution in [1.29, 1.82) is 0 Å². The van der Waals surface area contributed by atoms with Crippen LogP contribution in [0.1, 0.15) is 57.9 Å². The molecule has 0 aliphatic carbocycles. The van der Waals surface area contributed by atoms with E-state index in [1.54, 1.807) is 0 Å². The molecule has 1 amide bonds. The Balaban J connectivity index is 0.000000451. The van der Waals surface area contributed by atoms with E-state index in [1.807, 2.05) is 36.9 Å². The van der Waals surface area contributed by atoms with E-state index in [9.17, 15) is 9.59 Å². The summed E-state index contributed by atoms with van der Waals surface area (Å²) < 4.78 is 0. The van der Waals surface area contributed by atoms with E-state index in [-0.39, 0.29) is 5.91 Å². The summed E-state index contributed by atoms with van der Waals surface area (Å²) in [4.78, 5) is 26.8. The van der Waals surface area contributed by atoms with E-state index in [0.717, 1.165) is 57.4 Å². The van der Waals surface area contributed by atoms with Crippen LogP contribution in [0.4, 0.5) is 5.69 Å². The van der Waals surface area contributed by atoms with Gasteiger partial charge in [-0.25, -0.2) is 0 Å². The molecule has 5 nitrogen and oxygen atoms in total. The number of piperidine rings is 1. The van der Waals surface area contributed by atoms with Gasteiger partial charge in [0.25, 0.3) is 0 Å². The van der Waals surface area contributed by atoms with Crippen LogP contribution in [0.3, 0.4) is 0 Å². The normalized spacial score (nSPS) is 14.3. The number of hydrogen-bond acceptors (Lipinski definition) is 3. The highest BCUT2D eigenvalue weighted by molar-refractivity contribution is 5.93. The lowest BCUT2D eigenvalue weighted by molar-refractivity contribution is -0.137. The molecular weight excluding hydrogens is 400 g/mol. The maximum Gasteiger partial charge on any atom is 0.303 e. The smallest absolute Gasteiger partial charge is 0.303 e. The SMILES string of the molecule is CCC(=O)N(c1ccccc1)C1CCN(CCc2ccccc2)CC1.CCCCC(=O)O. The fraction of sp³-hybridized carbons (Fsp3) is 0.481. The van der Waals surface area contributed by atoms with E-state index in [4.69, 9.17) is 5.11 Å². The molecule has 1 fully saturated rings. The van der Waals surface area contributed by atoms with Gasteiger partial charge in [0.1, 0.15) is 0 Å². The van der Waals surface area contributed by atoms with Crippen LogP contribution >= 0.6 is 0 Å². The Hall–Kier alpha value is -2.66. The predicted octanol–water partition coefficient (Wildman–Crippen LogP) is 5.40. The molecule has 0 aromatic heterocycles. The molecule has 0 bridgehead atoms. The van der Waals surface area contributed by atoms with Crippen molar-refractivity contribution in [2.24, 2.45) is 0 Å². The molecule has 0 atom stereocenters. The second-order valence-corrected chi connectivity index (χ2v) is 8.26. The van der Waals surface area contributed by atoms with Crippen LogP contribution in [0.25, 0.3) is 0 Å². The Bertz CT molecular complexity index is 787. The molecule has 1 saturated heterocycles. The van der Waals surface area contributed by atoms with E-state index < -0.39 is 5.97 Å². The van der Waals surface area contributed by atoms with E-state index >= 15 is 0 Å². The third-order valence-electron chi connectivity index (χ3n) is 5.83. The monoisotopic (exact) mass is 438 g/mol. The van der Waals surface area contributed by atoms with Crippen LogP contribution in [0.2, 0.25) is 0 Å². The number of likely N-dealkylation sites (tertiary alicyclic amines) is 1. The minimum atomic E-state index is -0.693. The Labute approximate surface area is 193 Å². The number of para-hydroxylation sites is 1. The third kappa shape index (κ3) is 8.83. The number of anilines is 1. The first kappa shape index (κ1) is 25.6. The van der Waals surface area contributed by atoms with Crippen molar-refractivity contribution in [2.75, 3.05) is 24.5 Å². The van der Waals surface area contributed by atoms with Crippen molar-refractivity contribution in [3.63, 3.8) is 0 Å². The molecule has 5 heteroatoms. The minimum Gasteiger partial charge on any atom is -0.481 e. The van der Waals surface area contributed by atoms with Crippen molar-refractivity contribution in [3.8, 4) is 0 Å². The number of carboxylic acids is 1. The number of nitrogens with zero attached hydrogens (tertiary/aromatic N) is 2. The number of aliphatic carboxylic acids is 1. The number of carbonyl (C=O) groups is 2. The Kier molecular flexibility index (Phi) is 11.5. The molecule has 0 radical (unpaired) electrons. The average molecular weight is 439 g/mol. The molecule has 2 aromatic rings. The third-order valence-corrected chi connectivity index (χ3v) is 5.83. The lowest BCUT2D eigenvalue weighted by atomic mass is 10.0. The van der Waals surface area contributed by atoms with Crippen LogP contribution in [0.15, 0.2) is 60.7 Å². The predicted molar refractivity (Wildman–Crippen MR) is 131 cm³/mol. The number of carboxylic acid groups (broad SMARTS) is 1. The van der Waals surface area contributed by atoms with Gasteiger partial charge in [0, 0.05) is 44.2 Å². The van der Waals surface area contributed by atoms with Gasteiger partial charge in [-0.3, -0.25) is 9.59 Å². The minimum absolute atomic E-state index is 0.230. The molecule has 1 aliphatic rings. The highest BCUT2D eigenvalue weighted by atomic mass is 16.4. The Morgan fingerprint density at radius 1 is 0.969 bits per heavy atom. The molecule has 2 aromatic carbocycles. The van der Waals surface area contributed by atoms with Crippen molar-refractivity contribution in [3.05, 3.63) is 66.2 Å². The fourth-order valence-corrected chi connectivity index (χ4v) is 3.98. The second kappa shape index (κ2) is 14.4. The van der Waals surface area contributed by atoms with Gasteiger partial charge in [0.05, 0.1) is 0 Å². The standard InChI is InChI=1S/C22H28N2O.C5H10O2/c1-2-22(25)24(20-11-7-4-8-12-20)21-14-17-23(18-15-21)16-13-19-9-5-3-6-10-19;1-2-3-4-5(6)7/h3-12,21H,2,13-18H2,1H3;2-4H2,1H3,(H,6,7). The number of amides is 1. The molecular formula is C27H38N2O3. The first-order valence-corrected chi connectivity index (χ1v) is 11.9. The molecule has 3 rings (SSSR count). The number of carbonyl (C=O) groups excluding carboxylic acids is 1. The first-order chi connectivity index (χ1) is 15.5. The summed E-state index contributed by atoms with van der Waals surface area (Å²) in [7, 11) is 0. The second-order valence-electron chi connectivity index (χ2n) is 8.26. The summed E-state index contributed by atoms with van der Waals surface area (Å²) in [6.45, 7) is 7.16. The lowest BCUT2D eigenvalue weighted by Crippen LogP contribution is -2.47. The molecule has 174 valence electrons. The Morgan fingerprint density at radius 2 is 1.56 bits per heavy atom. The van der Waals surface area contributed by atoms with Gasteiger partial charge >= 0.3 is 5.97 Å². The number of rotatable bonds is 9. The number of hydrogen-bond donors (Lipinski definition) is 1. The van der Waals surface area contributed by atoms with Crippen molar-refractivity contribution >= 4 is 17.6 Å². The van der Waals surface area contributed by atoms with Gasteiger partial charge in [0.2, 0.25) is 5.91 Å². The summed E-state index contributed by atoms with van der Waals surface area (Å²) in [6, 6.07) is 21.1. The van der Waals surface area contributed by atoms with E-state index in [0.29, 0.717) is 18.9 Å². The molecule has 32 heavy (non-hydrogen) atoms. The van der Waals surface area contributed by atoms with Gasteiger partial charge in [-0.15, -0.1) is 0 Å². The molecule has 1 aliphatic heterocycles. The molecule has 1 heterocycles. The van der Waals surface area contributed by atoms with Crippen molar-refractivity contribution in [2.45, 2.75) is 64.8 Å². The van der Waals surface area contributed by atoms with Crippen LogP contribution in [-0.4, -0.2) is 47.6 Å². The van der Waals surface area contributed by atoms with Crippen LogP contribution < -0.4 is 4.90 Å². The summed E-state index contributed by atoms with van der Waals surface area (Å²) >= 11 is 0. The van der Waals surface area contributed by atoms with Crippen molar-refractivity contribution < 1.29 is 14.7 Å². The zero-order chi connectivity index (χ0) is 23.2. The average Bonchev–Trinajstić information content (AvgIpc) is 2.84. The van der Waals surface area contributed by atoms with E-state index in [2.05, 4.69) is 47.4 Å². The highest BCUT2D eigenvalue weighted by Gasteiger charge is 2.28. The summed E-state index contributed by atoms with van der Waals surface area (Å²) in [5.41, 5.74) is 2.44. The number of unbranched alkanes of at least 4 members (excludes halogenated alkanes) is 1. The van der Waals surface area contributed by atoms with Crippen LogP contribution in [-0.2, 0) is 16.0 Å². The van der Waals surface area contributed by atoms with Gasteiger partial charge in [-0.2, -0.15) is 0 Å². The van der Waals surface area contributed by atoms with Gasteiger partial charge in [-0.05, 0) is 43.4 Å². The van der Waals surface area contributed by atoms with E-state index in [1.165, 1.54) is 5.56 Å². The largest absolute Gasteiger partial charge is 0.481 e. The van der Waals surface area contributed by atoms with Crippen LogP contribution in [0, 0.1) is 0 Å². The van der Waals surface area contributed by atoms with Gasteiger partial charge < -0.3 is 14.9 Å². The zero-order valence-corrected chi connectivity index (χ0v) is 19.6. The maximum absolute atomic E-state index is 12.5. The molecule has 0 saturated carbocycles. The lowest BCUT2D eigenvalue weighted by Gasteiger charge is -2.38. The molecule has 1 N–H and O–H groups in total. The zero-order valence-electron chi connectivity index (χ0n) is 19.6. The van der Waals surface area contributed by atoms with Gasteiger partial charge in [-0.1, -0.05) is 68.8 Å². The summed E-state index contributed by atoms with van der Waals surface area (Å²) in [6.07, 6.45) is 5.84. The van der Waals surface area contributed by atoms with Crippen molar-refractivity contribution in [1.82, 2.24) is 4.90 Å². The summed E-state index contributed by atoms with van der Waals surface area (Å²) in [5, 5.41) is 8.04. The van der Waals surface area contributed by atoms with Gasteiger partial charge in [0.15, 0.2) is 0 Å². The quantitative estimate of drug-likeness (QED) is 0.570. The summed E-state index contributed by atoms with van der Waals surface area (Å²) in [5.74, 6) is -0.462. The Morgan fingerprint density at radius 3 is 2.06 bits per heavy atom. The molecule has 0 spiro atoms. The maximum atomic E-state index is 12.5. The highest BCUT2D eigenvalue weighted by Crippen LogP contribution is 2.24. The van der Waals surface area contributed by atoms with Crippen LogP contribution in [0.5, 0.6) is 0 Å². The number of benzene rings is 2.